The zero-order chi connectivity index (χ0) is 29.3. The number of nitrogens with zero attached hydrogens (tertiary/aromatic N) is 4. The number of pyridine rings is 1. The number of carbonyl (C=O) groups is 1. The molecule has 218 valence electrons. The molecule has 1 atom stereocenters. The zero-order valence-corrected chi connectivity index (χ0v) is 24.3. The monoisotopic (exact) mass is 569 g/mol. The molecule has 42 heavy (non-hydrogen) atoms. The lowest BCUT2D eigenvalue weighted by Gasteiger charge is -2.36. The summed E-state index contributed by atoms with van der Waals surface area (Å²) in [5.41, 5.74) is 5.06. The molecule has 3 aromatic rings. The van der Waals surface area contributed by atoms with Gasteiger partial charge in [-0.1, -0.05) is 24.0 Å². The Kier molecular flexibility index (Phi) is 7.98. The van der Waals surface area contributed by atoms with Crippen molar-refractivity contribution in [3.63, 3.8) is 0 Å². The van der Waals surface area contributed by atoms with E-state index < -0.39 is 5.92 Å². The predicted molar refractivity (Wildman–Crippen MR) is 162 cm³/mol. The molecule has 0 spiro atoms. The fourth-order valence-electron chi connectivity index (χ4n) is 6.23. The Morgan fingerprint density at radius 2 is 1.74 bits per heavy atom. The van der Waals surface area contributed by atoms with Gasteiger partial charge < -0.3 is 15.1 Å². The third kappa shape index (κ3) is 6.04. The van der Waals surface area contributed by atoms with Crippen LogP contribution >= 0.6 is 0 Å². The molecule has 2 fully saturated rings. The molecule has 1 aliphatic carbocycles. The van der Waals surface area contributed by atoms with Gasteiger partial charge in [0.15, 0.2) is 0 Å². The SMILES string of the molecule is Cc1ccc(C(=O)Nc2ccc3c(c2)C(F)(F)CC3N2CCN(C)CC2)cc1C#Cc1cncc(N2CCCCC2)c1. The van der Waals surface area contributed by atoms with E-state index in [0.29, 0.717) is 16.8 Å². The van der Waals surface area contributed by atoms with Crippen LogP contribution in [0.25, 0.3) is 0 Å². The number of amides is 1. The number of benzene rings is 2. The van der Waals surface area contributed by atoms with Gasteiger partial charge in [0.25, 0.3) is 11.8 Å². The molecule has 1 unspecified atom stereocenters. The van der Waals surface area contributed by atoms with Crippen molar-refractivity contribution >= 4 is 17.3 Å². The summed E-state index contributed by atoms with van der Waals surface area (Å²) in [4.78, 5) is 24.3. The minimum atomic E-state index is -2.93. The molecular formula is C34H37F2N5O. The maximum Gasteiger partial charge on any atom is 0.275 e. The second kappa shape index (κ2) is 11.8. The number of aromatic nitrogens is 1. The number of aryl methyl sites for hydroxylation is 1. The number of likely N-dealkylation sites (N-methyl/N-ethyl adjacent to an activating group) is 1. The highest BCUT2D eigenvalue weighted by molar-refractivity contribution is 6.04. The van der Waals surface area contributed by atoms with Crippen LogP contribution in [0.15, 0.2) is 54.9 Å². The summed E-state index contributed by atoms with van der Waals surface area (Å²) >= 11 is 0. The second-order valence-electron chi connectivity index (χ2n) is 11.8. The number of alkyl halides is 2. The Balaban J connectivity index is 1.18. The van der Waals surface area contributed by atoms with E-state index in [1.165, 1.54) is 25.3 Å². The fraction of sp³-hybridized carbons (Fsp3) is 0.412. The van der Waals surface area contributed by atoms with Crippen LogP contribution in [0.2, 0.25) is 0 Å². The highest BCUT2D eigenvalue weighted by atomic mass is 19.3. The number of carbonyl (C=O) groups excluding carboxylic acids is 1. The molecule has 1 amide bonds. The van der Waals surface area contributed by atoms with Crippen molar-refractivity contribution in [1.29, 1.82) is 0 Å². The van der Waals surface area contributed by atoms with Gasteiger partial charge in [-0.2, -0.15) is 0 Å². The first kappa shape index (κ1) is 28.3. The molecule has 2 aromatic carbocycles. The van der Waals surface area contributed by atoms with Gasteiger partial charge in [-0.3, -0.25) is 14.7 Å². The topological polar surface area (TPSA) is 51.7 Å². The zero-order valence-electron chi connectivity index (χ0n) is 24.3. The lowest BCUT2D eigenvalue weighted by atomic mass is 10.0. The van der Waals surface area contributed by atoms with Crippen molar-refractivity contribution < 1.29 is 13.6 Å². The summed E-state index contributed by atoms with van der Waals surface area (Å²) in [6.45, 7) is 7.31. The lowest BCUT2D eigenvalue weighted by molar-refractivity contribution is -0.0257. The van der Waals surface area contributed by atoms with E-state index in [1.807, 2.05) is 19.2 Å². The van der Waals surface area contributed by atoms with E-state index in [2.05, 4.69) is 50.0 Å². The van der Waals surface area contributed by atoms with Crippen LogP contribution in [0, 0.1) is 18.8 Å². The Morgan fingerprint density at radius 3 is 2.52 bits per heavy atom. The normalized spacial score (nSPS) is 20.5. The largest absolute Gasteiger partial charge is 0.370 e. The quantitative estimate of drug-likeness (QED) is 0.402. The van der Waals surface area contributed by atoms with Crippen molar-refractivity contribution in [2.24, 2.45) is 0 Å². The molecule has 3 aliphatic rings. The third-order valence-corrected chi connectivity index (χ3v) is 8.78. The molecule has 3 heterocycles. The summed E-state index contributed by atoms with van der Waals surface area (Å²) in [7, 11) is 2.06. The Labute approximate surface area is 246 Å². The molecule has 1 aromatic heterocycles. The standard InChI is InChI=1S/C34H37F2N5O/c1-24-6-8-27(19-26(24)9-7-25-18-29(23-37-22-25)40-12-4-3-5-13-40)33(42)38-28-10-11-30-31(20-28)34(35,36)21-32(30)41-16-14-39(2)15-17-41/h6,8,10-11,18-20,22-23,32H,3-5,12-17,21H2,1-2H3,(H,38,42). The van der Waals surface area contributed by atoms with Crippen molar-refractivity contribution in [1.82, 2.24) is 14.8 Å². The smallest absolute Gasteiger partial charge is 0.275 e. The number of hydrogen-bond acceptors (Lipinski definition) is 5. The van der Waals surface area contributed by atoms with Gasteiger partial charge in [-0.05, 0) is 74.7 Å². The molecule has 0 saturated carbocycles. The van der Waals surface area contributed by atoms with E-state index in [1.54, 1.807) is 30.5 Å². The lowest BCUT2D eigenvalue weighted by Crippen LogP contribution is -2.45. The van der Waals surface area contributed by atoms with Crippen LogP contribution in [-0.2, 0) is 5.92 Å². The van der Waals surface area contributed by atoms with E-state index in [9.17, 15) is 4.79 Å². The molecule has 2 aliphatic heterocycles. The second-order valence-corrected chi connectivity index (χ2v) is 11.8. The number of rotatable bonds is 4. The first-order valence-electron chi connectivity index (χ1n) is 14.9. The van der Waals surface area contributed by atoms with Crippen molar-refractivity contribution in [2.75, 3.05) is 56.5 Å². The van der Waals surface area contributed by atoms with Crippen LogP contribution in [0.5, 0.6) is 0 Å². The summed E-state index contributed by atoms with van der Waals surface area (Å²) in [6, 6.07) is 12.0. The van der Waals surface area contributed by atoms with Gasteiger partial charge in [0.2, 0.25) is 0 Å². The van der Waals surface area contributed by atoms with Gasteiger partial charge in [0.05, 0.1) is 11.9 Å². The number of anilines is 2. The fourth-order valence-corrected chi connectivity index (χ4v) is 6.23. The van der Waals surface area contributed by atoms with Gasteiger partial charge in [0, 0.05) is 85.9 Å². The molecular weight excluding hydrogens is 532 g/mol. The molecule has 6 rings (SSSR count). The summed E-state index contributed by atoms with van der Waals surface area (Å²) in [5.74, 6) is 3.12. The Morgan fingerprint density at radius 1 is 0.952 bits per heavy atom. The highest BCUT2D eigenvalue weighted by Crippen LogP contribution is 2.50. The summed E-state index contributed by atoms with van der Waals surface area (Å²) in [5, 5.41) is 2.83. The van der Waals surface area contributed by atoms with Crippen molar-refractivity contribution in [3.8, 4) is 11.8 Å². The third-order valence-electron chi connectivity index (χ3n) is 8.78. The number of fused-ring (bicyclic) bond motifs is 1. The Bertz CT molecular complexity index is 1530. The number of nitrogens with one attached hydrogen (secondary N) is 1. The molecule has 2 saturated heterocycles. The first-order chi connectivity index (χ1) is 20.3. The van der Waals surface area contributed by atoms with Crippen LogP contribution in [0.3, 0.4) is 0 Å². The van der Waals surface area contributed by atoms with Gasteiger partial charge in [-0.25, -0.2) is 8.78 Å². The first-order valence-corrected chi connectivity index (χ1v) is 14.9. The van der Waals surface area contributed by atoms with Gasteiger partial charge >= 0.3 is 0 Å². The number of piperazine rings is 1. The Hall–Kier alpha value is -3.80. The molecule has 0 bridgehead atoms. The van der Waals surface area contributed by atoms with E-state index in [0.717, 1.165) is 61.6 Å². The van der Waals surface area contributed by atoms with E-state index >= 15 is 8.78 Å². The van der Waals surface area contributed by atoms with E-state index in [-0.39, 0.29) is 23.9 Å². The molecule has 1 N–H and O–H groups in total. The summed E-state index contributed by atoms with van der Waals surface area (Å²) < 4.78 is 30.3. The maximum absolute atomic E-state index is 15.1. The van der Waals surface area contributed by atoms with E-state index in [4.69, 9.17) is 0 Å². The van der Waals surface area contributed by atoms with Gasteiger partial charge in [0.1, 0.15) is 0 Å². The van der Waals surface area contributed by atoms with Crippen LogP contribution in [0.4, 0.5) is 20.2 Å². The number of halogens is 2. The minimum absolute atomic E-state index is 0.0140. The molecule has 0 radical (unpaired) electrons. The summed E-state index contributed by atoms with van der Waals surface area (Å²) in [6.07, 6.45) is 7.06. The molecule has 8 heteroatoms. The molecule has 6 nitrogen and oxygen atoms in total. The minimum Gasteiger partial charge on any atom is -0.370 e. The predicted octanol–water partition coefficient (Wildman–Crippen LogP) is 5.82. The highest BCUT2D eigenvalue weighted by Gasteiger charge is 2.47. The van der Waals surface area contributed by atoms with Crippen molar-refractivity contribution in [3.05, 3.63) is 88.2 Å². The van der Waals surface area contributed by atoms with Gasteiger partial charge in [-0.15, -0.1) is 0 Å². The van der Waals surface area contributed by atoms with Crippen LogP contribution < -0.4 is 10.2 Å². The van der Waals surface area contributed by atoms with Crippen molar-refractivity contribution in [2.45, 2.75) is 44.6 Å². The van der Waals surface area contributed by atoms with Crippen LogP contribution in [0.1, 0.15) is 69.9 Å². The average Bonchev–Trinajstić information content (AvgIpc) is 3.27. The number of piperidine rings is 1. The average molecular weight is 570 g/mol. The maximum atomic E-state index is 15.1. The number of hydrogen-bond donors (Lipinski definition) is 1. The van der Waals surface area contributed by atoms with Crippen LogP contribution in [-0.4, -0.2) is 67.0 Å².